The van der Waals surface area contributed by atoms with Crippen molar-refractivity contribution >= 4 is 29.3 Å². The van der Waals surface area contributed by atoms with Gasteiger partial charge in [-0.2, -0.15) is 0 Å². The van der Waals surface area contributed by atoms with E-state index in [0.717, 1.165) is 17.7 Å². The molecule has 0 aliphatic carbocycles. The fourth-order valence-electron chi connectivity index (χ4n) is 2.31. The Labute approximate surface area is 151 Å². The molecule has 0 atom stereocenters. The van der Waals surface area contributed by atoms with Gasteiger partial charge in [0.05, 0.1) is 0 Å². The lowest BCUT2D eigenvalue weighted by Crippen LogP contribution is -2.20. The smallest absolute Gasteiger partial charge is 0.262 e. The molecule has 3 aromatic rings. The fraction of sp³-hybridized carbons (Fsp3) is 0.0476. The highest BCUT2D eigenvalue weighted by molar-refractivity contribution is 5.92. The average molecular weight is 346 g/mol. The molecule has 0 radical (unpaired) electrons. The van der Waals surface area contributed by atoms with Gasteiger partial charge in [-0.05, 0) is 60.7 Å². The monoisotopic (exact) mass is 346 g/mol. The molecule has 0 saturated carbocycles. The maximum atomic E-state index is 12.0. The van der Waals surface area contributed by atoms with Crippen LogP contribution in [-0.2, 0) is 4.79 Å². The number of benzene rings is 3. The summed E-state index contributed by atoms with van der Waals surface area (Å²) in [6.07, 6.45) is 0.757. The largest absolute Gasteiger partial charge is 0.484 e. The van der Waals surface area contributed by atoms with Gasteiger partial charge in [-0.1, -0.05) is 18.2 Å². The lowest BCUT2D eigenvalue weighted by Gasteiger charge is -2.09. The zero-order valence-corrected chi connectivity index (χ0v) is 14.0. The Kier molecular flexibility index (Phi) is 5.62. The van der Waals surface area contributed by atoms with Crippen molar-refractivity contribution in [3.8, 4) is 5.75 Å². The summed E-state index contributed by atoms with van der Waals surface area (Å²) >= 11 is 0. The zero-order chi connectivity index (χ0) is 18.2. The van der Waals surface area contributed by atoms with Crippen LogP contribution in [0.15, 0.2) is 78.9 Å². The van der Waals surface area contributed by atoms with Gasteiger partial charge >= 0.3 is 0 Å². The predicted octanol–water partition coefficient (Wildman–Crippen LogP) is 4.26. The van der Waals surface area contributed by atoms with Gasteiger partial charge in [0.15, 0.2) is 6.61 Å². The molecule has 0 spiro atoms. The van der Waals surface area contributed by atoms with Gasteiger partial charge in [0.2, 0.25) is 0 Å². The molecule has 1 amide bonds. The van der Waals surface area contributed by atoms with Crippen LogP contribution in [0.5, 0.6) is 5.75 Å². The van der Waals surface area contributed by atoms with Crippen LogP contribution in [0.4, 0.5) is 17.1 Å². The quantitative estimate of drug-likeness (QED) is 0.627. The Bertz CT molecular complexity index is 860. The summed E-state index contributed by atoms with van der Waals surface area (Å²) in [7, 11) is 0. The Hall–Kier alpha value is -3.60. The number of aldehydes is 1. The first-order valence-corrected chi connectivity index (χ1v) is 8.13. The second-order valence-corrected chi connectivity index (χ2v) is 5.59. The predicted molar refractivity (Wildman–Crippen MR) is 102 cm³/mol. The van der Waals surface area contributed by atoms with E-state index in [2.05, 4.69) is 10.6 Å². The van der Waals surface area contributed by atoms with Crippen molar-refractivity contribution in [1.29, 1.82) is 0 Å². The van der Waals surface area contributed by atoms with E-state index in [0.29, 0.717) is 17.0 Å². The molecule has 3 aromatic carbocycles. The Morgan fingerprint density at radius 2 is 1.42 bits per heavy atom. The lowest BCUT2D eigenvalue weighted by atomic mass is 10.2. The molecule has 2 N–H and O–H groups in total. The maximum absolute atomic E-state index is 12.0. The standard InChI is InChI=1S/C21H18N2O3/c24-14-16-6-12-20(13-7-16)26-15-21(25)23-19-10-8-18(9-11-19)22-17-4-2-1-3-5-17/h1-14,22H,15H2,(H,23,25). The number of para-hydroxylation sites is 1. The van der Waals surface area contributed by atoms with Crippen molar-refractivity contribution in [3.05, 3.63) is 84.4 Å². The summed E-state index contributed by atoms with van der Waals surface area (Å²) in [5.74, 6) is 0.279. The van der Waals surface area contributed by atoms with E-state index in [1.807, 2.05) is 54.6 Å². The molecule has 0 unspecified atom stereocenters. The fourth-order valence-corrected chi connectivity index (χ4v) is 2.31. The summed E-state index contributed by atoms with van der Waals surface area (Å²) in [5.41, 5.74) is 3.18. The highest BCUT2D eigenvalue weighted by Gasteiger charge is 2.04. The summed E-state index contributed by atoms with van der Waals surface area (Å²) in [6, 6.07) is 23.9. The summed E-state index contributed by atoms with van der Waals surface area (Å²) < 4.78 is 5.40. The maximum Gasteiger partial charge on any atom is 0.262 e. The molecule has 5 nitrogen and oxygen atoms in total. The van der Waals surface area contributed by atoms with E-state index < -0.39 is 0 Å². The highest BCUT2D eigenvalue weighted by atomic mass is 16.5. The van der Waals surface area contributed by atoms with Gasteiger partial charge in [-0.25, -0.2) is 0 Å². The number of carbonyl (C=O) groups is 2. The van der Waals surface area contributed by atoms with Gasteiger partial charge in [-0.15, -0.1) is 0 Å². The van der Waals surface area contributed by atoms with Crippen molar-refractivity contribution in [1.82, 2.24) is 0 Å². The third-order valence-electron chi connectivity index (χ3n) is 3.62. The van der Waals surface area contributed by atoms with E-state index in [9.17, 15) is 9.59 Å². The van der Waals surface area contributed by atoms with E-state index in [1.165, 1.54) is 0 Å². The van der Waals surface area contributed by atoms with Crippen LogP contribution in [0, 0.1) is 0 Å². The van der Waals surface area contributed by atoms with E-state index in [4.69, 9.17) is 4.74 Å². The minimum Gasteiger partial charge on any atom is -0.484 e. The van der Waals surface area contributed by atoms with Crippen LogP contribution < -0.4 is 15.4 Å². The summed E-state index contributed by atoms with van der Waals surface area (Å²) in [6.45, 7) is -0.107. The normalized spacial score (nSPS) is 10.0. The number of anilines is 3. The van der Waals surface area contributed by atoms with Gasteiger partial charge < -0.3 is 15.4 Å². The lowest BCUT2D eigenvalue weighted by molar-refractivity contribution is -0.118. The van der Waals surface area contributed by atoms with Gasteiger partial charge in [0.1, 0.15) is 12.0 Å². The molecule has 26 heavy (non-hydrogen) atoms. The summed E-state index contributed by atoms with van der Waals surface area (Å²) in [5, 5.41) is 6.06. The van der Waals surface area contributed by atoms with Crippen LogP contribution >= 0.6 is 0 Å². The van der Waals surface area contributed by atoms with E-state index >= 15 is 0 Å². The van der Waals surface area contributed by atoms with E-state index in [1.54, 1.807) is 24.3 Å². The average Bonchev–Trinajstić information content (AvgIpc) is 2.69. The van der Waals surface area contributed by atoms with Crippen LogP contribution in [0.3, 0.4) is 0 Å². The number of nitrogens with one attached hydrogen (secondary N) is 2. The number of ether oxygens (including phenoxy) is 1. The minimum absolute atomic E-state index is 0.107. The van der Waals surface area contributed by atoms with Gasteiger partial charge in [0, 0.05) is 22.6 Å². The third-order valence-corrected chi connectivity index (χ3v) is 3.62. The first-order chi connectivity index (χ1) is 12.7. The van der Waals surface area contributed by atoms with Crippen LogP contribution in [0.25, 0.3) is 0 Å². The van der Waals surface area contributed by atoms with Crippen molar-refractivity contribution < 1.29 is 14.3 Å². The molecule has 130 valence electrons. The molecule has 0 aliphatic rings. The van der Waals surface area contributed by atoms with E-state index in [-0.39, 0.29) is 12.5 Å². The molecule has 0 aliphatic heterocycles. The minimum atomic E-state index is -0.256. The van der Waals surface area contributed by atoms with Crippen LogP contribution in [0.1, 0.15) is 10.4 Å². The molecule has 0 saturated heterocycles. The van der Waals surface area contributed by atoms with Gasteiger partial charge in [0.25, 0.3) is 5.91 Å². The second-order valence-electron chi connectivity index (χ2n) is 5.59. The third kappa shape index (κ3) is 4.95. The molecule has 3 rings (SSSR count). The van der Waals surface area contributed by atoms with Crippen molar-refractivity contribution in [2.45, 2.75) is 0 Å². The number of amides is 1. The number of rotatable bonds is 7. The number of hydrogen-bond donors (Lipinski definition) is 2. The van der Waals surface area contributed by atoms with Crippen molar-refractivity contribution in [3.63, 3.8) is 0 Å². The first kappa shape index (κ1) is 17.2. The first-order valence-electron chi connectivity index (χ1n) is 8.13. The van der Waals surface area contributed by atoms with Crippen LogP contribution in [0.2, 0.25) is 0 Å². The summed E-state index contributed by atoms with van der Waals surface area (Å²) in [4.78, 5) is 22.6. The number of carbonyl (C=O) groups excluding carboxylic acids is 2. The molecule has 0 fully saturated rings. The molecule has 0 bridgehead atoms. The van der Waals surface area contributed by atoms with Crippen molar-refractivity contribution in [2.24, 2.45) is 0 Å². The SMILES string of the molecule is O=Cc1ccc(OCC(=O)Nc2ccc(Nc3ccccc3)cc2)cc1. The molecule has 5 heteroatoms. The number of hydrogen-bond acceptors (Lipinski definition) is 4. The Balaban J connectivity index is 1.50. The zero-order valence-electron chi connectivity index (χ0n) is 14.0. The van der Waals surface area contributed by atoms with Gasteiger partial charge in [-0.3, -0.25) is 9.59 Å². The molecular formula is C21H18N2O3. The topological polar surface area (TPSA) is 67.4 Å². The van der Waals surface area contributed by atoms with Crippen LogP contribution in [-0.4, -0.2) is 18.8 Å². The second kappa shape index (κ2) is 8.48. The molecule has 0 heterocycles. The Morgan fingerprint density at radius 1 is 0.808 bits per heavy atom. The Morgan fingerprint density at radius 3 is 2.08 bits per heavy atom. The highest BCUT2D eigenvalue weighted by Crippen LogP contribution is 2.18. The molecule has 0 aromatic heterocycles. The molecular weight excluding hydrogens is 328 g/mol. The van der Waals surface area contributed by atoms with Crippen molar-refractivity contribution in [2.75, 3.05) is 17.2 Å².